The molecule has 0 saturated carbocycles. The average Bonchev–Trinajstić information content (AvgIpc) is 3.03. The molecule has 0 spiro atoms. The summed E-state index contributed by atoms with van der Waals surface area (Å²) in [4.78, 5) is 10.7. The van der Waals surface area contributed by atoms with Gasteiger partial charge in [-0.2, -0.15) is 0 Å². The first kappa shape index (κ1) is 21.5. The Hall–Kier alpha value is -3.22. The van der Waals surface area contributed by atoms with Crippen molar-refractivity contribution >= 4 is 12.0 Å². The lowest BCUT2D eigenvalue weighted by Crippen LogP contribution is -2.19. The van der Waals surface area contributed by atoms with E-state index >= 15 is 0 Å². The molecule has 156 valence electrons. The molecule has 0 saturated heterocycles. The van der Waals surface area contributed by atoms with Gasteiger partial charge in [0.25, 0.3) is 0 Å². The largest absolute Gasteiger partial charge is 0.481 e. The van der Waals surface area contributed by atoms with Gasteiger partial charge in [-0.1, -0.05) is 42.5 Å². The Morgan fingerprint density at radius 2 is 1.77 bits per heavy atom. The second kappa shape index (κ2) is 9.52. The first-order valence-corrected chi connectivity index (χ1v) is 9.64. The number of nitrogens with zero attached hydrogens (tertiary/aromatic N) is 1. The van der Waals surface area contributed by atoms with Crippen LogP contribution in [-0.2, 0) is 4.79 Å². The highest BCUT2D eigenvalue weighted by Gasteiger charge is 2.16. The van der Waals surface area contributed by atoms with Crippen LogP contribution in [0.4, 0.5) is 4.39 Å². The Kier molecular flexibility index (Phi) is 6.82. The van der Waals surface area contributed by atoms with Crippen LogP contribution in [-0.4, -0.2) is 38.1 Å². The van der Waals surface area contributed by atoms with Gasteiger partial charge in [0, 0.05) is 35.1 Å². The molecule has 6 heteroatoms. The standard InChI is InChI=1S/C24H24FNO4/c1-16-22(12-11-20(27)13-21(28)14-24(29)30)23(17-7-9-18(25)10-8-17)15-26(16)19-5-3-2-4-6-19/h2-12,15,20-21,27-28H,13-14H2,1H3,(H,29,30)/b12-11+/t20-,21+/m0/s1. The molecular formula is C24H24FNO4. The molecule has 3 N–H and O–H groups in total. The van der Waals surface area contributed by atoms with E-state index in [9.17, 15) is 19.4 Å². The quantitative estimate of drug-likeness (QED) is 0.521. The number of carboxylic acids is 1. The second-order valence-corrected chi connectivity index (χ2v) is 7.17. The minimum atomic E-state index is -1.13. The zero-order valence-electron chi connectivity index (χ0n) is 16.6. The molecule has 1 aromatic heterocycles. The van der Waals surface area contributed by atoms with Gasteiger partial charge < -0.3 is 19.9 Å². The molecule has 0 aliphatic heterocycles. The van der Waals surface area contributed by atoms with Crippen molar-refractivity contribution in [3.05, 3.63) is 83.9 Å². The molecule has 0 aliphatic rings. The number of benzene rings is 2. The minimum Gasteiger partial charge on any atom is -0.481 e. The van der Waals surface area contributed by atoms with Crippen molar-refractivity contribution in [2.75, 3.05) is 0 Å². The number of carboxylic acid groups (broad SMARTS) is 1. The molecule has 0 fully saturated rings. The van der Waals surface area contributed by atoms with E-state index in [2.05, 4.69) is 0 Å². The van der Waals surface area contributed by atoms with E-state index in [1.54, 1.807) is 18.2 Å². The third-order valence-corrected chi connectivity index (χ3v) is 4.90. The summed E-state index contributed by atoms with van der Waals surface area (Å²) < 4.78 is 15.4. The number of rotatable bonds is 8. The van der Waals surface area contributed by atoms with Gasteiger partial charge >= 0.3 is 5.97 Å². The van der Waals surface area contributed by atoms with Crippen molar-refractivity contribution < 1.29 is 24.5 Å². The number of aliphatic hydroxyl groups is 2. The predicted molar refractivity (Wildman–Crippen MR) is 114 cm³/mol. The van der Waals surface area contributed by atoms with Crippen molar-refractivity contribution in [2.24, 2.45) is 0 Å². The van der Waals surface area contributed by atoms with Gasteiger partial charge in [0.05, 0.1) is 18.6 Å². The van der Waals surface area contributed by atoms with Crippen LogP contribution in [0.1, 0.15) is 24.1 Å². The summed E-state index contributed by atoms with van der Waals surface area (Å²) in [7, 11) is 0. The number of hydrogen-bond donors (Lipinski definition) is 3. The zero-order valence-corrected chi connectivity index (χ0v) is 16.6. The van der Waals surface area contributed by atoms with Gasteiger partial charge in [-0.05, 0) is 36.8 Å². The van der Waals surface area contributed by atoms with Gasteiger partial charge in [0.2, 0.25) is 0 Å². The molecule has 0 amide bonds. The second-order valence-electron chi connectivity index (χ2n) is 7.17. The van der Waals surface area contributed by atoms with Crippen LogP contribution in [0.5, 0.6) is 0 Å². The van der Waals surface area contributed by atoms with E-state index in [1.807, 2.05) is 48.0 Å². The maximum Gasteiger partial charge on any atom is 0.305 e. The highest BCUT2D eigenvalue weighted by Crippen LogP contribution is 2.31. The van der Waals surface area contributed by atoms with E-state index < -0.39 is 24.6 Å². The number of carbonyl (C=O) groups is 1. The molecule has 0 bridgehead atoms. The SMILES string of the molecule is Cc1c(/C=C/[C@H](O)C[C@@H](O)CC(=O)O)c(-c2ccc(F)cc2)cn1-c1ccccc1. The molecule has 2 aromatic carbocycles. The first-order valence-electron chi connectivity index (χ1n) is 9.64. The normalized spacial score (nSPS) is 13.5. The number of aliphatic hydroxyl groups excluding tert-OH is 2. The van der Waals surface area contributed by atoms with Crippen LogP contribution in [0.2, 0.25) is 0 Å². The number of para-hydroxylation sites is 1. The smallest absolute Gasteiger partial charge is 0.305 e. The predicted octanol–water partition coefficient (Wildman–Crippen LogP) is 4.19. The Morgan fingerprint density at radius 3 is 2.40 bits per heavy atom. The van der Waals surface area contributed by atoms with Gasteiger partial charge in [0.1, 0.15) is 5.82 Å². The Morgan fingerprint density at radius 1 is 1.10 bits per heavy atom. The van der Waals surface area contributed by atoms with Crippen LogP contribution in [0.3, 0.4) is 0 Å². The van der Waals surface area contributed by atoms with Crippen molar-refractivity contribution in [1.82, 2.24) is 4.57 Å². The fourth-order valence-electron chi connectivity index (χ4n) is 3.40. The van der Waals surface area contributed by atoms with E-state index in [0.29, 0.717) is 0 Å². The Balaban J connectivity index is 1.96. The van der Waals surface area contributed by atoms with E-state index in [-0.39, 0.29) is 12.2 Å². The third kappa shape index (κ3) is 5.23. The molecule has 0 radical (unpaired) electrons. The van der Waals surface area contributed by atoms with Gasteiger partial charge in [-0.15, -0.1) is 0 Å². The average molecular weight is 409 g/mol. The van der Waals surface area contributed by atoms with Crippen LogP contribution < -0.4 is 0 Å². The summed E-state index contributed by atoms with van der Waals surface area (Å²) in [5, 5.41) is 28.7. The Bertz CT molecular complexity index is 1030. The van der Waals surface area contributed by atoms with Crippen molar-refractivity contribution in [3.8, 4) is 16.8 Å². The summed E-state index contributed by atoms with van der Waals surface area (Å²) in [6.45, 7) is 1.95. The lowest BCUT2D eigenvalue weighted by molar-refractivity contribution is -0.139. The lowest BCUT2D eigenvalue weighted by atomic mass is 10.0. The van der Waals surface area contributed by atoms with E-state index in [1.165, 1.54) is 18.2 Å². The molecule has 3 aromatic rings. The Labute approximate surface area is 174 Å². The maximum atomic E-state index is 13.4. The van der Waals surface area contributed by atoms with Crippen LogP contribution >= 0.6 is 0 Å². The molecule has 1 heterocycles. The number of aromatic nitrogens is 1. The summed E-state index contributed by atoms with van der Waals surface area (Å²) in [5.41, 5.74) is 4.43. The monoisotopic (exact) mass is 409 g/mol. The molecule has 3 rings (SSSR count). The van der Waals surface area contributed by atoms with Gasteiger partial charge in [-0.25, -0.2) is 4.39 Å². The highest BCUT2D eigenvalue weighted by molar-refractivity contribution is 5.78. The first-order chi connectivity index (χ1) is 14.3. The fourth-order valence-corrected chi connectivity index (χ4v) is 3.40. The van der Waals surface area contributed by atoms with Gasteiger partial charge in [0.15, 0.2) is 0 Å². The van der Waals surface area contributed by atoms with E-state index in [4.69, 9.17) is 5.11 Å². The fraction of sp³-hybridized carbons (Fsp3) is 0.208. The summed E-state index contributed by atoms with van der Waals surface area (Å²) in [5.74, 6) is -1.44. The summed E-state index contributed by atoms with van der Waals surface area (Å²) in [6.07, 6.45) is 2.63. The third-order valence-electron chi connectivity index (χ3n) is 4.90. The number of hydrogen-bond acceptors (Lipinski definition) is 3. The van der Waals surface area contributed by atoms with E-state index in [0.717, 1.165) is 28.1 Å². The molecular weight excluding hydrogens is 385 g/mol. The van der Waals surface area contributed by atoms with Crippen LogP contribution in [0, 0.1) is 12.7 Å². The molecule has 0 unspecified atom stereocenters. The van der Waals surface area contributed by atoms with Crippen molar-refractivity contribution in [1.29, 1.82) is 0 Å². The lowest BCUT2D eigenvalue weighted by Gasteiger charge is -2.11. The van der Waals surface area contributed by atoms with Crippen LogP contribution in [0.25, 0.3) is 22.9 Å². The van der Waals surface area contributed by atoms with Crippen molar-refractivity contribution in [2.45, 2.75) is 32.0 Å². The van der Waals surface area contributed by atoms with Gasteiger partial charge in [-0.3, -0.25) is 4.79 Å². The minimum absolute atomic E-state index is 0.0763. The number of halogens is 1. The number of aliphatic carboxylic acids is 1. The topological polar surface area (TPSA) is 82.7 Å². The summed E-state index contributed by atoms with van der Waals surface area (Å²) in [6, 6.07) is 16.0. The maximum absolute atomic E-state index is 13.4. The van der Waals surface area contributed by atoms with Crippen LogP contribution in [0.15, 0.2) is 66.9 Å². The molecule has 0 aliphatic carbocycles. The summed E-state index contributed by atoms with van der Waals surface area (Å²) >= 11 is 0. The molecule has 2 atom stereocenters. The van der Waals surface area contributed by atoms with Crippen molar-refractivity contribution in [3.63, 3.8) is 0 Å². The molecule has 5 nitrogen and oxygen atoms in total. The molecule has 30 heavy (non-hydrogen) atoms. The highest BCUT2D eigenvalue weighted by atomic mass is 19.1. The zero-order chi connectivity index (χ0) is 21.7.